The summed E-state index contributed by atoms with van der Waals surface area (Å²) in [7, 11) is 4.28. The number of nitrogens with zero attached hydrogens (tertiary/aromatic N) is 2. The van der Waals surface area contributed by atoms with Crippen LogP contribution in [0.3, 0.4) is 0 Å². The average molecular weight is 268 g/mol. The highest BCUT2D eigenvalue weighted by Crippen LogP contribution is 2.34. The Kier molecular flexibility index (Phi) is 4.85. The number of rotatable bonds is 3. The molecule has 0 spiro atoms. The van der Waals surface area contributed by atoms with E-state index in [9.17, 15) is 9.90 Å². The lowest BCUT2D eigenvalue weighted by Gasteiger charge is -2.44. The molecule has 110 valence electrons. The molecule has 4 heteroatoms. The molecule has 3 unspecified atom stereocenters. The van der Waals surface area contributed by atoms with Crippen molar-refractivity contribution in [2.24, 2.45) is 11.8 Å². The number of carbonyl (C=O) groups is 1. The van der Waals surface area contributed by atoms with E-state index in [0.717, 1.165) is 32.4 Å². The van der Waals surface area contributed by atoms with Gasteiger partial charge in [-0.3, -0.25) is 9.69 Å². The highest BCUT2D eigenvalue weighted by atomic mass is 16.4. The van der Waals surface area contributed by atoms with Gasteiger partial charge in [-0.2, -0.15) is 0 Å². The fourth-order valence-corrected chi connectivity index (χ4v) is 3.78. The van der Waals surface area contributed by atoms with Gasteiger partial charge < -0.3 is 10.0 Å². The van der Waals surface area contributed by atoms with Crippen LogP contribution in [0.4, 0.5) is 0 Å². The first kappa shape index (κ1) is 14.8. The zero-order valence-corrected chi connectivity index (χ0v) is 12.5. The van der Waals surface area contributed by atoms with Crippen LogP contribution in [0.15, 0.2) is 0 Å². The zero-order chi connectivity index (χ0) is 14.0. The fraction of sp³-hybridized carbons (Fsp3) is 0.933. The Hall–Kier alpha value is -0.610. The minimum atomic E-state index is -0.591. The number of carboxylic acids is 1. The van der Waals surface area contributed by atoms with Gasteiger partial charge in [0, 0.05) is 12.1 Å². The van der Waals surface area contributed by atoms with Crippen LogP contribution in [0.25, 0.3) is 0 Å². The van der Waals surface area contributed by atoms with Gasteiger partial charge >= 0.3 is 5.97 Å². The van der Waals surface area contributed by atoms with Gasteiger partial charge in [0.15, 0.2) is 0 Å². The van der Waals surface area contributed by atoms with Gasteiger partial charge in [0.05, 0.1) is 5.92 Å². The third-order valence-electron chi connectivity index (χ3n) is 5.09. The van der Waals surface area contributed by atoms with E-state index in [1.807, 2.05) is 0 Å². The normalized spacial score (nSPS) is 34.6. The lowest BCUT2D eigenvalue weighted by Crippen LogP contribution is -2.52. The van der Waals surface area contributed by atoms with Crippen LogP contribution in [0.2, 0.25) is 0 Å². The molecule has 2 aliphatic rings. The molecule has 19 heavy (non-hydrogen) atoms. The quantitative estimate of drug-likeness (QED) is 0.849. The SMILES string of the molecule is CC1CCC(C(=O)O)C(N2CCC(N(C)C)CC2)C1. The van der Waals surface area contributed by atoms with Crippen LogP contribution in [-0.2, 0) is 4.79 Å². The summed E-state index contributed by atoms with van der Waals surface area (Å²) in [5.41, 5.74) is 0. The second-order valence-corrected chi connectivity index (χ2v) is 6.66. The molecule has 1 N–H and O–H groups in total. The summed E-state index contributed by atoms with van der Waals surface area (Å²) < 4.78 is 0. The molecule has 1 aliphatic carbocycles. The topological polar surface area (TPSA) is 43.8 Å². The third kappa shape index (κ3) is 3.48. The standard InChI is InChI=1S/C15H28N2O2/c1-11-4-5-13(15(18)19)14(10-11)17-8-6-12(7-9-17)16(2)3/h11-14H,4-10H2,1-3H3,(H,18,19). The Bertz CT molecular complexity index is 311. The van der Waals surface area contributed by atoms with E-state index in [2.05, 4.69) is 30.8 Å². The molecule has 3 atom stereocenters. The van der Waals surface area contributed by atoms with E-state index in [4.69, 9.17) is 0 Å². The fourth-order valence-electron chi connectivity index (χ4n) is 3.78. The summed E-state index contributed by atoms with van der Waals surface area (Å²) in [4.78, 5) is 16.2. The van der Waals surface area contributed by atoms with Gasteiger partial charge in [-0.1, -0.05) is 6.92 Å². The highest BCUT2D eigenvalue weighted by molar-refractivity contribution is 5.71. The summed E-state index contributed by atoms with van der Waals surface area (Å²) in [5, 5.41) is 9.43. The van der Waals surface area contributed by atoms with E-state index in [1.54, 1.807) is 0 Å². The molecule has 0 aromatic carbocycles. The van der Waals surface area contributed by atoms with Crippen molar-refractivity contribution in [3.05, 3.63) is 0 Å². The van der Waals surface area contributed by atoms with Gasteiger partial charge in [-0.25, -0.2) is 0 Å². The van der Waals surface area contributed by atoms with Gasteiger partial charge in [0.25, 0.3) is 0 Å². The van der Waals surface area contributed by atoms with Crippen molar-refractivity contribution in [1.82, 2.24) is 9.80 Å². The minimum absolute atomic E-state index is 0.146. The molecule has 1 saturated carbocycles. The number of aliphatic carboxylic acids is 1. The molecule has 0 radical (unpaired) electrons. The number of hydrogen-bond acceptors (Lipinski definition) is 3. The van der Waals surface area contributed by atoms with Crippen molar-refractivity contribution in [2.45, 2.75) is 51.1 Å². The van der Waals surface area contributed by atoms with Crippen LogP contribution < -0.4 is 0 Å². The second kappa shape index (κ2) is 6.23. The van der Waals surface area contributed by atoms with Crippen molar-refractivity contribution in [1.29, 1.82) is 0 Å². The van der Waals surface area contributed by atoms with Crippen molar-refractivity contribution in [2.75, 3.05) is 27.2 Å². The lowest BCUT2D eigenvalue weighted by atomic mass is 9.77. The number of carboxylic acid groups (broad SMARTS) is 1. The first-order valence-corrected chi connectivity index (χ1v) is 7.62. The summed E-state index contributed by atoms with van der Waals surface area (Å²) in [6, 6.07) is 0.935. The Morgan fingerprint density at radius 2 is 1.79 bits per heavy atom. The van der Waals surface area contributed by atoms with E-state index < -0.39 is 5.97 Å². The lowest BCUT2D eigenvalue weighted by molar-refractivity contribution is -0.146. The molecule has 2 rings (SSSR count). The molecule has 2 fully saturated rings. The Morgan fingerprint density at radius 1 is 1.16 bits per heavy atom. The first-order valence-electron chi connectivity index (χ1n) is 7.62. The number of piperidine rings is 1. The van der Waals surface area contributed by atoms with Gasteiger partial charge in [-0.15, -0.1) is 0 Å². The smallest absolute Gasteiger partial charge is 0.308 e. The molecule has 4 nitrogen and oxygen atoms in total. The third-order valence-corrected chi connectivity index (χ3v) is 5.09. The number of hydrogen-bond donors (Lipinski definition) is 1. The first-order chi connectivity index (χ1) is 8.99. The Morgan fingerprint density at radius 3 is 2.32 bits per heavy atom. The average Bonchev–Trinajstić information content (AvgIpc) is 2.38. The second-order valence-electron chi connectivity index (χ2n) is 6.66. The molecular formula is C15H28N2O2. The molecule has 1 saturated heterocycles. The summed E-state index contributed by atoms with van der Waals surface area (Å²) in [6.07, 6.45) is 5.33. The Balaban J connectivity index is 1.97. The Labute approximate surface area is 116 Å². The van der Waals surface area contributed by atoms with Crippen LogP contribution in [0.1, 0.15) is 39.0 Å². The van der Waals surface area contributed by atoms with Crippen LogP contribution in [0.5, 0.6) is 0 Å². The van der Waals surface area contributed by atoms with Gasteiger partial charge in [-0.05, 0) is 65.2 Å². The molecule has 1 heterocycles. The molecule has 0 aromatic rings. The van der Waals surface area contributed by atoms with Crippen LogP contribution >= 0.6 is 0 Å². The maximum Gasteiger partial charge on any atom is 0.308 e. The van der Waals surface area contributed by atoms with Crippen LogP contribution in [0, 0.1) is 11.8 Å². The molecule has 1 aliphatic heterocycles. The van der Waals surface area contributed by atoms with Crippen molar-refractivity contribution < 1.29 is 9.90 Å². The van der Waals surface area contributed by atoms with E-state index >= 15 is 0 Å². The van der Waals surface area contributed by atoms with E-state index in [1.165, 1.54) is 12.8 Å². The van der Waals surface area contributed by atoms with Crippen molar-refractivity contribution >= 4 is 5.97 Å². The molecule has 0 aromatic heterocycles. The predicted octanol–water partition coefficient (Wildman–Crippen LogP) is 1.90. The van der Waals surface area contributed by atoms with Crippen molar-refractivity contribution in [3.8, 4) is 0 Å². The van der Waals surface area contributed by atoms with E-state index in [-0.39, 0.29) is 12.0 Å². The van der Waals surface area contributed by atoms with Crippen LogP contribution in [-0.4, -0.2) is 60.1 Å². The number of likely N-dealkylation sites (tertiary alicyclic amines) is 1. The molecular weight excluding hydrogens is 240 g/mol. The maximum absolute atomic E-state index is 11.5. The summed E-state index contributed by atoms with van der Waals surface area (Å²) in [5.74, 6) is -0.0640. The van der Waals surface area contributed by atoms with Gasteiger partial charge in [0.1, 0.15) is 0 Å². The summed E-state index contributed by atoms with van der Waals surface area (Å²) in [6.45, 7) is 4.38. The zero-order valence-electron chi connectivity index (χ0n) is 12.5. The van der Waals surface area contributed by atoms with Crippen molar-refractivity contribution in [3.63, 3.8) is 0 Å². The predicted molar refractivity (Wildman–Crippen MR) is 76.2 cm³/mol. The highest BCUT2D eigenvalue weighted by Gasteiger charge is 2.38. The maximum atomic E-state index is 11.5. The largest absolute Gasteiger partial charge is 0.481 e. The molecule has 0 bridgehead atoms. The molecule has 0 amide bonds. The monoisotopic (exact) mass is 268 g/mol. The van der Waals surface area contributed by atoms with Gasteiger partial charge in [0.2, 0.25) is 0 Å². The minimum Gasteiger partial charge on any atom is -0.481 e. The summed E-state index contributed by atoms with van der Waals surface area (Å²) >= 11 is 0. The van der Waals surface area contributed by atoms with E-state index in [0.29, 0.717) is 12.0 Å².